The molecule has 2 N–H and O–H groups in total. The second kappa shape index (κ2) is 5.76. The Bertz CT molecular complexity index is 571. The number of piperidine rings is 1. The molecule has 1 atom stereocenters. The largest absolute Gasteiger partial charge is 0.481 e. The van der Waals surface area contributed by atoms with Crippen molar-refractivity contribution in [3.8, 4) is 0 Å². The second-order valence-electron chi connectivity index (χ2n) is 5.83. The number of nitrogens with zero attached hydrogens (tertiary/aromatic N) is 1. The number of carboxylic acids is 1. The highest BCUT2D eigenvalue weighted by molar-refractivity contribution is 5.95. The molecule has 2 heterocycles. The molecule has 0 saturated carbocycles. The highest BCUT2D eigenvalue weighted by Crippen LogP contribution is 2.25. The maximum Gasteiger partial charge on any atom is 0.308 e. The summed E-state index contributed by atoms with van der Waals surface area (Å²) >= 11 is 0. The van der Waals surface area contributed by atoms with Crippen LogP contribution in [-0.2, 0) is 11.2 Å². The lowest BCUT2D eigenvalue weighted by Gasteiger charge is -2.31. The van der Waals surface area contributed by atoms with Crippen molar-refractivity contribution in [1.29, 1.82) is 0 Å². The molecule has 5 nitrogen and oxygen atoms in total. The first-order chi connectivity index (χ1) is 10.1. The zero-order valence-corrected chi connectivity index (χ0v) is 12.0. The van der Waals surface area contributed by atoms with E-state index in [-0.39, 0.29) is 5.91 Å². The van der Waals surface area contributed by atoms with Gasteiger partial charge < -0.3 is 15.3 Å². The van der Waals surface area contributed by atoms with Crippen LogP contribution < -0.4 is 5.32 Å². The number of anilines is 1. The van der Waals surface area contributed by atoms with Gasteiger partial charge in [-0.25, -0.2) is 0 Å². The molecule has 2 aliphatic rings. The summed E-state index contributed by atoms with van der Waals surface area (Å²) in [5.41, 5.74) is 2.96. The van der Waals surface area contributed by atoms with Crippen molar-refractivity contribution in [3.63, 3.8) is 0 Å². The normalized spacial score (nSPS) is 21.3. The van der Waals surface area contributed by atoms with Crippen LogP contribution in [0.1, 0.15) is 35.2 Å². The average Bonchev–Trinajstić information content (AvgIpc) is 2.53. The first-order valence-electron chi connectivity index (χ1n) is 7.54. The molecule has 3 rings (SSSR count). The Morgan fingerprint density at radius 3 is 2.95 bits per heavy atom. The van der Waals surface area contributed by atoms with E-state index in [1.54, 1.807) is 4.90 Å². The van der Waals surface area contributed by atoms with Gasteiger partial charge in [-0.3, -0.25) is 9.59 Å². The van der Waals surface area contributed by atoms with Crippen molar-refractivity contribution < 1.29 is 14.7 Å². The standard InChI is InChI=1S/C16H20N2O3/c19-15(18-8-2-4-13(10-18)16(20)21)12-5-6-14-11(9-12)3-1-7-17-14/h5-6,9,13,17H,1-4,7-8,10H2,(H,20,21). The number of nitrogens with one attached hydrogen (secondary N) is 1. The molecule has 1 aromatic carbocycles. The predicted octanol–water partition coefficient (Wildman–Crippen LogP) is 1.98. The van der Waals surface area contributed by atoms with E-state index in [1.807, 2.05) is 18.2 Å². The Morgan fingerprint density at radius 2 is 2.14 bits per heavy atom. The quantitative estimate of drug-likeness (QED) is 0.873. The van der Waals surface area contributed by atoms with Crippen molar-refractivity contribution in [2.75, 3.05) is 25.0 Å². The number of rotatable bonds is 2. The molecule has 1 aromatic rings. The van der Waals surface area contributed by atoms with Gasteiger partial charge in [-0.05, 0) is 49.4 Å². The highest BCUT2D eigenvalue weighted by Gasteiger charge is 2.28. The molecule has 0 spiro atoms. The average molecular weight is 288 g/mol. The van der Waals surface area contributed by atoms with E-state index < -0.39 is 11.9 Å². The molecule has 112 valence electrons. The summed E-state index contributed by atoms with van der Waals surface area (Å²) in [5, 5.41) is 12.4. The maximum absolute atomic E-state index is 12.6. The summed E-state index contributed by atoms with van der Waals surface area (Å²) in [6, 6.07) is 5.75. The molecule has 0 aliphatic carbocycles. The lowest BCUT2D eigenvalue weighted by Crippen LogP contribution is -2.42. The third-order valence-electron chi connectivity index (χ3n) is 4.35. The number of carbonyl (C=O) groups excluding carboxylic acids is 1. The summed E-state index contributed by atoms with van der Waals surface area (Å²) in [7, 11) is 0. The van der Waals surface area contributed by atoms with Crippen LogP contribution >= 0.6 is 0 Å². The molecular weight excluding hydrogens is 268 g/mol. The molecule has 1 saturated heterocycles. The summed E-state index contributed by atoms with van der Waals surface area (Å²) in [4.78, 5) is 25.4. The highest BCUT2D eigenvalue weighted by atomic mass is 16.4. The van der Waals surface area contributed by atoms with Crippen LogP contribution in [0.5, 0.6) is 0 Å². The predicted molar refractivity (Wildman–Crippen MR) is 79.5 cm³/mol. The van der Waals surface area contributed by atoms with Crippen molar-refractivity contribution in [2.24, 2.45) is 5.92 Å². The molecule has 0 radical (unpaired) electrons. The van der Waals surface area contributed by atoms with Gasteiger partial charge in [0.05, 0.1) is 5.92 Å². The van der Waals surface area contributed by atoms with Crippen LogP contribution in [0.15, 0.2) is 18.2 Å². The van der Waals surface area contributed by atoms with Gasteiger partial charge >= 0.3 is 5.97 Å². The van der Waals surface area contributed by atoms with Crippen LogP contribution in [0, 0.1) is 5.92 Å². The zero-order valence-electron chi connectivity index (χ0n) is 12.0. The Kier molecular flexibility index (Phi) is 3.82. The van der Waals surface area contributed by atoms with Gasteiger partial charge in [-0.2, -0.15) is 0 Å². The van der Waals surface area contributed by atoms with Gasteiger partial charge in [0.2, 0.25) is 0 Å². The van der Waals surface area contributed by atoms with E-state index in [4.69, 9.17) is 5.11 Å². The number of aryl methyl sites for hydroxylation is 1. The Hall–Kier alpha value is -2.04. The minimum Gasteiger partial charge on any atom is -0.481 e. The van der Waals surface area contributed by atoms with Gasteiger partial charge in [-0.1, -0.05) is 0 Å². The smallest absolute Gasteiger partial charge is 0.308 e. The van der Waals surface area contributed by atoms with Gasteiger partial charge in [0.15, 0.2) is 0 Å². The molecule has 1 unspecified atom stereocenters. The lowest BCUT2D eigenvalue weighted by molar-refractivity contribution is -0.143. The molecule has 2 aliphatic heterocycles. The molecule has 0 aromatic heterocycles. The third kappa shape index (κ3) is 2.86. The summed E-state index contributed by atoms with van der Waals surface area (Å²) < 4.78 is 0. The maximum atomic E-state index is 12.6. The SMILES string of the molecule is O=C(O)C1CCCN(C(=O)c2ccc3c(c2)CCCN3)C1. The van der Waals surface area contributed by atoms with E-state index in [0.29, 0.717) is 25.1 Å². The number of amides is 1. The van der Waals surface area contributed by atoms with E-state index in [1.165, 1.54) is 5.56 Å². The summed E-state index contributed by atoms with van der Waals surface area (Å²) in [6.07, 6.45) is 3.49. The molecule has 5 heteroatoms. The van der Waals surface area contributed by atoms with Crippen LogP contribution in [0.2, 0.25) is 0 Å². The molecule has 0 bridgehead atoms. The van der Waals surface area contributed by atoms with Crippen molar-refractivity contribution >= 4 is 17.6 Å². The second-order valence-corrected chi connectivity index (χ2v) is 5.83. The lowest BCUT2D eigenvalue weighted by atomic mass is 9.96. The van der Waals surface area contributed by atoms with Crippen molar-refractivity contribution in [2.45, 2.75) is 25.7 Å². The number of carboxylic acid groups (broad SMARTS) is 1. The fraction of sp³-hybridized carbons (Fsp3) is 0.500. The monoisotopic (exact) mass is 288 g/mol. The number of fused-ring (bicyclic) bond motifs is 1. The fourth-order valence-electron chi connectivity index (χ4n) is 3.15. The molecule has 1 amide bonds. The van der Waals surface area contributed by atoms with E-state index >= 15 is 0 Å². The summed E-state index contributed by atoms with van der Waals surface area (Å²) in [5.74, 6) is -1.28. The Morgan fingerprint density at radius 1 is 1.29 bits per heavy atom. The number of aliphatic carboxylic acids is 1. The minimum atomic E-state index is -0.804. The topological polar surface area (TPSA) is 69.6 Å². The van der Waals surface area contributed by atoms with Gasteiger partial charge in [-0.15, -0.1) is 0 Å². The Balaban J connectivity index is 1.77. The third-order valence-corrected chi connectivity index (χ3v) is 4.35. The van der Waals surface area contributed by atoms with Gasteiger partial charge in [0.25, 0.3) is 5.91 Å². The van der Waals surface area contributed by atoms with Gasteiger partial charge in [0, 0.05) is 30.9 Å². The molecule has 1 fully saturated rings. The first kappa shape index (κ1) is 13.9. The van der Waals surface area contributed by atoms with E-state index in [9.17, 15) is 9.59 Å². The van der Waals surface area contributed by atoms with Crippen LogP contribution in [0.3, 0.4) is 0 Å². The summed E-state index contributed by atoms with van der Waals surface area (Å²) in [6.45, 7) is 1.95. The fourth-order valence-corrected chi connectivity index (χ4v) is 3.15. The number of likely N-dealkylation sites (tertiary alicyclic amines) is 1. The zero-order chi connectivity index (χ0) is 14.8. The number of carbonyl (C=O) groups is 2. The van der Waals surface area contributed by atoms with Crippen molar-refractivity contribution in [1.82, 2.24) is 4.90 Å². The van der Waals surface area contributed by atoms with Crippen LogP contribution in [0.4, 0.5) is 5.69 Å². The van der Waals surface area contributed by atoms with Crippen molar-refractivity contribution in [3.05, 3.63) is 29.3 Å². The van der Waals surface area contributed by atoms with E-state index in [2.05, 4.69) is 5.32 Å². The van der Waals surface area contributed by atoms with Crippen LogP contribution in [-0.4, -0.2) is 41.5 Å². The van der Waals surface area contributed by atoms with Gasteiger partial charge in [0.1, 0.15) is 0 Å². The number of hydrogen-bond donors (Lipinski definition) is 2. The van der Waals surface area contributed by atoms with E-state index in [0.717, 1.165) is 31.5 Å². The number of hydrogen-bond acceptors (Lipinski definition) is 3. The molecule has 21 heavy (non-hydrogen) atoms. The molecular formula is C16H20N2O3. The minimum absolute atomic E-state index is 0.0469. The Labute approximate surface area is 123 Å². The van der Waals surface area contributed by atoms with Crippen LogP contribution in [0.25, 0.3) is 0 Å². The first-order valence-corrected chi connectivity index (χ1v) is 7.54. The number of benzene rings is 1.